The van der Waals surface area contributed by atoms with Gasteiger partial charge in [0.15, 0.2) is 5.82 Å². The fourth-order valence-corrected chi connectivity index (χ4v) is 5.25. The van der Waals surface area contributed by atoms with E-state index in [1.807, 2.05) is 20.8 Å². The molecule has 2 aromatic carbocycles. The molecule has 0 bridgehead atoms. The van der Waals surface area contributed by atoms with E-state index in [9.17, 15) is 18.0 Å². The van der Waals surface area contributed by atoms with Gasteiger partial charge >= 0.3 is 0 Å². The fourth-order valence-electron chi connectivity index (χ4n) is 4.19. The highest BCUT2D eigenvalue weighted by molar-refractivity contribution is 7.92. The molecule has 1 aliphatic heterocycles. The first-order valence-electron chi connectivity index (χ1n) is 12.2. The fraction of sp³-hybridized carbons (Fsp3) is 0.222. The molecule has 2 aromatic heterocycles. The van der Waals surface area contributed by atoms with Crippen LogP contribution in [-0.2, 0) is 19.6 Å². The lowest BCUT2D eigenvalue weighted by Gasteiger charge is -2.14. The topological polar surface area (TPSA) is 136 Å². The van der Waals surface area contributed by atoms with E-state index in [-0.39, 0.29) is 29.6 Å². The van der Waals surface area contributed by atoms with E-state index in [1.165, 1.54) is 24.3 Å². The Labute approximate surface area is 225 Å². The minimum atomic E-state index is -3.91. The van der Waals surface area contributed by atoms with Crippen molar-refractivity contribution in [2.24, 2.45) is 0 Å². The third kappa shape index (κ3) is 5.23. The van der Waals surface area contributed by atoms with Gasteiger partial charge in [0.25, 0.3) is 10.0 Å². The number of ether oxygens (including phenoxy) is 1. The molecule has 0 unspecified atom stereocenters. The molecule has 1 aliphatic rings. The second-order valence-corrected chi connectivity index (χ2v) is 10.9. The van der Waals surface area contributed by atoms with Crippen LogP contribution in [-0.4, -0.2) is 40.0 Å². The van der Waals surface area contributed by atoms with Crippen LogP contribution in [0.4, 0.5) is 11.4 Å². The van der Waals surface area contributed by atoms with E-state index >= 15 is 0 Å². The van der Waals surface area contributed by atoms with Gasteiger partial charge < -0.3 is 4.74 Å². The standard InChI is InChI=1S/C27H26N6O5S/c1-16-17(2)30-33(18(16)3)24-15-25(29-19(4)28-24)38-22-9-5-20(6-10-22)31-39(36,37)23-11-7-21(8-12-23)32-26(34)13-14-27(32)35/h5-12,15,31H,13-14H2,1-4H3. The second-order valence-electron chi connectivity index (χ2n) is 9.17. The van der Waals surface area contributed by atoms with Crippen molar-refractivity contribution in [1.29, 1.82) is 0 Å². The van der Waals surface area contributed by atoms with Crippen molar-refractivity contribution in [1.82, 2.24) is 19.7 Å². The van der Waals surface area contributed by atoms with Crippen LogP contribution in [0.2, 0.25) is 0 Å². The van der Waals surface area contributed by atoms with Crippen LogP contribution in [0, 0.1) is 27.7 Å². The third-order valence-corrected chi connectivity index (χ3v) is 7.85. The summed E-state index contributed by atoms with van der Waals surface area (Å²) in [5.74, 6) is 1.28. The molecule has 0 saturated carbocycles. The molecular weight excluding hydrogens is 520 g/mol. The molecule has 1 N–H and O–H groups in total. The van der Waals surface area contributed by atoms with Gasteiger partial charge in [0.1, 0.15) is 11.6 Å². The predicted molar refractivity (Wildman–Crippen MR) is 144 cm³/mol. The van der Waals surface area contributed by atoms with Crippen LogP contribution >= 0.6 is 0 Å². The van der Waals surface area contributed by atoms with Crippen LogP contribution in [0.25, 0.3) is 5.82 Å². The highest BCUT2D eigenvalue weighted by Crippen LogP contribution is 2.27. The Kier molecular flexibility index (Phi) is 6.64. The zero-order valence-electron chi connectivity index (χ0n) is 21.8. The minimum absolute atomic E-state index is 0.00551. The highest BCUT2D eigenvalue weighted by atomic mass is 32.2. The number of sulfonamides is 1. The number of aromatic nitrogens is 4. The van der Waals surface area contributed by atoms with Crippen LogP contribution in [0.5, 0.6) is 11.6 Å². The maximum Gasteiger partial charge on any atom is 0.261 e. The van der Waals surface area contributed by atoms with Gasteiger partial charge in [-0.05, 0) is 81.8 Å². The van der Waals surface area contributed by atoms with Crippen molar-refractivity contribution in [2.75, 3.05) is 9.62 Å². The number of carbonyl (C=O) groups excluding carboxylic acids is 2. The van der Waals surface area contributed by atoms with E-state index in [0.29, 0.717) is 34.6 Å². The average Bonchev–Trinajstić information content (AvgIpc) is 3.37. The Bertz CT molecular complexity index is 1680. The first-order chi connectivity index (χ1) is 18.5. The Balaban J connectivity index is 1.29. The van der Waals surface area contributed by atoms with Gasteiger partial charge in [-0.1, -0.05) is 0 Å². The SMILES string of the molecule is Cc1nc(Oc2ccc(NS(=O)(=O)c3ccc(N4C(=O)CCC4=O)cc3)cc2)cc(-n2nc(C)c(C)c2C)n1. The number of carbonyl (C=O) groups is 2. The summed E-state index contributed by atoms with van der Waals surface area (Å²) in [6.07, 6.45) is 0.309. The molecule has 0 aliphatic carbocycles. The van der Waals surface area contributed by atoms with Gasteiger partial charge in [-0.25, -0.2) is 18.1 Å². The lowest BCUT2D eigenvalue weighted by Crippen LogP contribution is -2.28. The van der Waals surface area contributed by atoms with Gasteiger partial charge in [0.2, 0.25) is 17.7 Å². The zero-order chi connectivity index (χ0) is 27.9. The third-order valence-electron chi connectivity index (χ3n) is 6.46. The maximum atomic E-state index is 12.9. The molecule has 0 spiro atoms. The van der Waals surface area contributed by atoms with E-state index in [1.54, 1.807) is 41.9 Å². The number of hydrogen-bond acceptors (Lipinski definition) is 8. The lowest BCUT2D eigenvalue weighted by molar-refractivity contribution is -0.121. The number of imide groups is 1. The van der Waals surface area contributed by atoms with Crippen molar-refractivity contribution in [3.8, 4) is 17.4 Å². The molecule has 1 fully saturated rings. The second kappa shape index (κ2) is 9.95. The van der Waals surface area contributed by atoms with E-state index < -0.39 is 10.0 Å². The summed E-state index contributed by atoms with van der Waals surface area (Å²) in [4.78, 5) is 33.7. The van der Waals surface area contributed by atoms with Gasteiger partial charge in [0, 0.05) is 30.3 Å². The van der Waals surface area contributed by atoms with Crippen molar-refractivity contribution < 1.29 is 22.7 Å². The Morgan fingerprint density at radius 3 is 2.10 bits per heavy atom. The molecule has 4 aromatic rings. The Morgan fingerprint density at radius 1 is 0.872 bits per heavy atom. The number of anilines is 2. The first-order valence-corrected chi connectivity index (χ1v) is 13.7. The smallest absolute Gasteiger partial charge is 0.261 e. The van der Waals surface area contributed by atoms with Crippen molar-refractivity contribution in [2.45, 2.75) is 45.4 Å². The van der Waals surface area contributed by atoms with Crippen LogP contribution < -0.4 is 14.4 Å². The predicted octanol–water partition coefficient (Wildman–Crippen LogP) is 4.14. The molecule has 2 amide bonds. The van der Waals surface area contributed by atoms with Crippen LogP contribution in [0.15, 0.2) is 59.5 Å². The molecule has 0 atom stereocenters. The number of nitrogens with zero attached hydrogens (tertiary/aromatic N) is 5. The normalized spacial score (nSPS) is 13.7. The molecule has 0 radical (unpaired) electrons. The molecule has 12 heteroatoms. The molecule has 1 saturated heterocycles. The number of aryl methyl sites for hydroxylation is 2. The monoisotopic (exact) mass is 546 g/mol. The molecule has 3 heterocycles. The maximum absolute atomic E-state index is 12.9. The molecule has 11 nitrogen and oxygen atoms in total. The highest BCUT2D eigenvalue weighted by Gasteiger charge is 2.30. The summed E-state index contributed by atoms with van der Waals surface area (Å²) < 4.78 is 36.0. The van der Waals surface area contributed by atoms with Gasteiger partial charge in [-0.3, -0.25) is 19.2 Å². The number of rotatable bonds is 7. The molecule has 39 heavy (non-hydrogen) atoms. The van der Waals surface area contributed by atoms with E-state index in [0.717, 1.165) is 21.9 Å². The van der Waals surface area contributed by atoms with Crippen molar-refractivity contribution in [3.05, 3.63) is 77.4 Å². The number of amides is 2. The minimum Gasteiger partial charge on any atom is -0.439 e. The van der Waals surface area contributed by atoms with Crippen molar-refractivity contribution in [3.63, 3.8) is 0 Å². The van der Waals surface area contributed by atoms with Gasteiger partial charge in [-0.15, -0.1) is 0 Å². The lowest BCUT2D eigenvalue weighted by atomic mass is 10.2. The summed E-state index contributed by atoms with van der Waals surface area (Å²) in [5, 5.41) is 4.54. The largest absolute Gasteiger partial charge is 0.439 e. The van der Waals surface area contributed by atoms with Crippen LogP contribution in [0.1, 0.15) is 35.6 Å². The van der Waals surface area contributed by atoms with Crippen LogP contribution in [0.3, 0.4) is 0 Å². The summed E-state index contributed by atoms with van der Waals surface area (Å²) in [6, 6.07) is 13.7. The quantitative estimate of drug-likeness (QED) is 0.342. The van der Waals surface area contributed by atoms with Gasteiger partial charge in [0.05, 0.1) is 16.3 Å². The molecular formula is C27H26N6O5S. The number of hydrogen-bond donors (Lipinski definition) is 1. The summed E-state index contributed by atoms with van der Waals surface area (Å²) in [7, 11) is -3.91. The number of benzene rings is 2. The van der Waals surface area contributed by atoms with Gasteiger partial charge in [-0.2, -0.15) is 10.1 Å². The van der Waals surface area contributed by atoms with E-state index in [2.05, 4.69) is 19.8 Å². The van der Waals surface area contributed by atoms with E-state index in [4.69, 9.17) is 4.74 Å². The Morgan fingerprint density at radius 2 is 1.51 bits per heavy atom. The summed E-state index contributed by atoms with van der Waals surface area (Å²) >= 11 is 0. The van der Waals surface area contributed by atoms with Crippen molar-refractivity contribution >= 4 is 33.2 Å². The summed E-state index contributed by atoms with van der Waals surface area (Å²) in [5.41, 5.74) is 3.64. The molecule has 200 valence electrons. The zero-order valence-corrected chi connectivity index (χ0v) is 22.6. The first kappa shape index (κ1) is 26.0. The number of nitrogens with one attached hydrogen (secondary N) is 1. The Hall–Kier alpha value is -4.58. The summed E-state index contributed by atoms with van der Waals surface area (Å²) in [6.45, 7) is 7.68. The molecule has 5 rings (SSSR count). The average molecular weight is 547 g/mol.